The second kappa shape index (κ2) is 6.18. The number of rotatable bonds is 1. The molecule has 1 aromatic carbocycles. The molecule has 0 fully saturated rings. The summed E-state index contributed by atoms with van der Waals surface area (Å²) in [6, 6.07) is 4.98. The van der Waals surface area contributed by atoms with E-state index in [1.165, 1.54) is 5.56 Å². The Labute approximate surface area is 147 Å². The summed E-state index contributed by atoms with van der Waals surface area (Å²) in [5.74, 6) is 0. The molecule has 0 saturated heterocycles. The zero-order valence-corrected chi connectivity index (χ0v) is 18.7. The monoisotopic (exact) mass is 334 g/mol. The molecule has 1 rings (SSSR count). The van der Waals surface area contributed by atoms with Crippen molar-refractivity contribution in [3.63, 3.8) is 0 Å². The van der Waals surface area contributed by atoms with Crippen LogP contribution >= 0.6 is 8.58 Å². The first-order chi connectivity index (χ1) is 9.93. The van der Waals surface area contributed by atoms with E-state index in [-0.39, 0.29) is 16.2 Å². The van der Waals surface area contributed by atoms with Gasteiger partial charge in [-0.3, -0.25) is 0 Å². The normalized spacial score (nSPS) is 14.8. The average Bonchev–Trinajstić information content (AvgIpc) is 2.21. The largest absolute Gasteiger partial charge is 0.0842 e. The first kappa shape index (κ1) is 20.7. The Morgan fingerprint density at radius 2 is 0.913 bits per heavy atom. The van der Waals surface area contributed by atoms with Crippen LogP contribution in [0.4, 0.5) is 0 Å². The van der Waals surface area contributed by atoms with Crippen LogP contribution in [0.15, 0.2) is 12.1 Å². The van der Waals surface area contributed by atoms with Crippen molar-refractivity contribution in [2.75, 3.05) is 0 Å². The quantitative estimate of drug-likeness (QED) is 0.502. The maximum atomic E-state index is 2.49. The average molecular weight is 335 g/mol. The molecule has 1 heteroatoms. The predicted octanol–water partition coefficient (Wildman–Crippen LogP) is 6.68. The minimum absolute atomic E-state index is 0.175. The van der Waals surface area contributed by atoms with Crippen LogP contribution in [-0.4, -0.2) is 5.16 Å². The fourth-order valence-electron chi connectivity index (χ4n) is 2.77. The van der Waals surface area contributed by atoms with E-state index in [4.69, 9.17) is 0 Å². The second-order valence-corrected chi connectivity index (χ2v) is 13.3. The third-order valence-electron chi connectivity index (χ3n) is 4.12. The van der Waals surface area contributed by atoms with E-state index in [0.717, 1.165) is 8.58 Å². The zero-order valence-electron chi connectivity index (χ0n) is 17.7. The zero-order chi connectivity index (χ0) is 18.4. The highest BCUT2D eigenvalue weighted by molar-refractivity contribution is 7.49. The number of benzene rings is 1. The standard InChI is InChI=1S/C22H39P/c1-19(2,3)15-13-16(20(4,5)6)18(23-22(10,11)12)17(14-15)21(7,8)9/h13-14,23H,1-12H3. The van der Waals surface area contributed by atoms with Crippen LogP contribution in [-0.2, 0) is 16.2 Å². The molecule has 0 aliphatic rings. The summed E-state index contributed by atoms with van der Waals surface area (Å²) in [4.78, 5) is 0. The van der Waals surface area contributed by atoms with Crippen molar-refractivity contribution in [1.82, 2.24) is 0 Å². The molecule has 0 aromatic heterocycles. The Morgan fingerprint density at radius 1 is 0.565 bits per heavy atom. The van der Waals surface area contributed by atoms with E-state index in [1.807, 2.05) is 0 Å². The maximum Gasteiger partial charge on any atom is -0.0125 e. The van der Waals surface area contributed by atoms with Gasteiger partial charge >= 0.3 is 0 Å². The van der Waals surface area contributed by atoms with Crippen LogP contribution in [0, 0.1) is 0 Å². The highest BCUT2D eigenvalue weighted by atomic mass is 31.1. The van der Waals surface area contributed by atoms with Crippen molar-refractivity contribution < 1.29 is 0 Å². The summed E-state index contributed by atoms with van der Waals surface area (Å²) in [6.45, 7) is 28.2. The topological polar surface area (TPSA) is 0 Å². The number of hydrogen-bond acceptors (Lipinski definition) is 0. The third kappa shape index (κ3) is 5.60. The smallest absolute Gasteiger partial charge is 0.0125 e. The minimum atomic E-state index is 0.175. The summed E-state index contributed by atoms with van der Waals surface area (Å²) >= 11 is 0. The van der Waals surface area contributed by atoms with Crippen molar-refractivity contribution >= 4 is 13.9 Å². The molecule has 1 aromatic rings. The summed E-state index contributed by atoms with van der Waals surface area (Å²) in [7, 11) is 0.838. The maximum absolute atomic E-state index is 2.49. The van der Waals surface area contributed by atoms with E-state index < -0.39 is 0 Å². The highest BCUT2D eigenvalue weighted by Gasteiger charge is 2.30. The second-order valence-electron chi connectivity index (χ2n) is 11.1. The summed E-state index contributed by atoms with van der Waals surface area (Å²) in [5.41, 5.74) is 5.09. The Morgan fingerprint density at radius 3 is 1.13 bits per heavy atom. The van der Waals surface area contributed by atoms with Gasteiger partial charge in [0.2, 0.25) is 0 Å². The molecular formula is C22H39P. The lowest BCUT2D eigenvalue weighted by molar-refractivity contribution is 0.553. The van der Waals surface area contributed by atoms with Crippen LogP contribution in [0.1, 0.15) is 99.8 Å². The van der Waals surface area contributed by atoms with Gasteiger partial charge in [-0.2, -0.15) is 0 Å². The predicted molar refractivity (Wildman–Crippen MR) is 110 cm³/mol. The van der Waals surface area contributed by atoms with Crippen LogP contribution in [0.3, 0.4) is 0 Å². The lowest BCUT2D eigenvalue weighted by Crippen LogP contribution is -2.32. The van der Waals surface area contributed by atoms with Crippen LogP contribution in [0.25, 0.3) is 0 Å². The lowest BCUT2D eigenvalue weighted by Gasteiger charge is -2.35. The molecule has 0 nitrogen and oxygen atoms in total. The van der Waals surface area contributed by atoms with E-state index in [9.17, 15) is 0 Å². The molecule has 0 N–H and O–H groups in total. The number of hydrogen-bond donors (Lipinski definition) is 0. The molecule has 1 unspecified atom stereocenters. The molecule has 0 amide bonds. The van der Waals surface area contributed by atoms with Crippen LogP contribution in [0.5, 0.6) is 0 Å². The van der Waals surface area contributed by atoms with Crippen molar-refractivity contribution in [3.05, 3.63) is 28.8 Å². The molecule has 0 aliphatic carbocycles. The van der Waals surface area contributed by atoms with Gasteiger partial charge in [0.1, 0.15) is 0 Å². The highest BCUT2D eigenvalue weighted by Crippen LogP contribution is 2.40. The van der Waals surface area contributed by atoms with Gasteiger partial charge in [-0.15, -0.1) is 0 Å². The van der Waals surface area contributed by atoms with Crippen molar-refractivity contribution in [2.45, 2.75) is 104 Å². The summed E-state index contributed by atoms with van der Waals surface area (Å²) in [5, 5.41) is 1.92. The molecule has 0 aliphatic heterocycles. The Kier molecular flexibility index (Phi) is 5.56. The van der Waals surface area contributed by atoms with Gasteiger partial charge in [-0.05, 0) is 43.4 Å². The van der Waals surface area contributed by atoms with Crippen molar-refractivity contribution in [2.24, 2.45) is 0 Å². The first-order valence-corrected chi connectivity index (χ1v) is 9.90. The van der Waals surface area contributed by atoms with Gasteiger partial charge in [0.15, 0.2) is 0 Å². The molecule has 132 valence electrons. The van der Waals surface area contributed by atoms with E-state index in [2.05, 4.69) is 95.2 Å². The molecule has 0 saturated carbocycles. The molecule has 0 heterocycles. The van der Waals surface area contributed by atoms with Crippen LogP contribution in [0.2, 0.25) is 0 Å². The SMILES string of the molecule is CC(C)(C)Pc1c(C(C)(C)C)cc(C(C)(C)C)cc1C(C)(C)C. The lowest BCUT2D eigenvalue weighted by atomic mass is 9.75. The van der Waals surface area contributed by atoms with Gasteiger partial charge in [0.25, 0.3) is 0 Å². The van der Waals surface area contributed by atoms with Gasteiger partial charge in [-0.1, -0.05) is 104 Å². The molecule has 0 spiro atoms. The van der Waals surface area contributed by atoms with Gasteiger partial charge in [-0.25, -0.2) is 0 Å². The van der Waals surface area contributed by atoms with Crippen molar-refractivity contribution in [1.29, 1.82) is 0 Å². The Hall–Kier alpha value is -0.350. The molecule has 0 bridgehead atoms. The van der Waals surface area contributed by atoms with Gasteiger partial charge in [0.05, 0.1) is 0 Å². The van der Waals surface area contributed by atoms with Gasteiger partial charge in [0, 0.05) is 0 Å². The van der Waals surface area contributed by atoms with Crippen molar-refractivity contribution in [3.8, 4) is 0 Å². The third-order valence-corrected chi connectivity index (χ3v) is 5.66. The van der Waals surface area contributed by atoms with E-state index >= 15 is 0 Å². The first-order valence-electron chi connectivity index (χ1n) is 8.90. The van der Waals surface area contributed by atoms with E-state index in [1.54, 1.807) is 16.4 Å². The Bertz CT molecular complexity index is 517. The summed E-state index contributed by atoms with van der Waals surface area (Å²) < 4.78 is 0. The summed E-state index contributed by atoms with van der Waals surface area (Å²) in [6.07, 6.45) is 0. The van der Waals surface area contributed by atoms with E-state index in [0.29, 0.717) is 5.16 Å². The van der Waals surface area contributed by atoms with Gasteiger partial charge < -0.3 is 0 Å². The van der Waals surface area contributed by atoms with Crippen LogP contribution < -0.4 is 5.30 Å². The minimum Gasteiger partial charge on any atom is -0.0842 e. The fraction of sp³-hybridized carbons (Fsp3) is 0.727. The molecule has 1 atom stereocenters. The molecule has 0 radical (unpaired) electrons. The molecule has 23 heavy (non-hydrogen) atoms. The Balaban J connectivity index is 3.82. The fourth-order valence-corrected chi connectivity index (χ4v) is 4.68. The molecular weight excluding hydrogens is 295 g/mol.